The van der Waals surface area contributed by atoms with Crippen LogP contribution in [0.5, 0.6) is 0 Å². The summed E-state index contributed by atoms with van der Waals surface area (Å²) in [7, 11) is 0. The predicted octanol–water partition coefficient (Wildman–Crippen LogP) is 4.41. The molecular formula is C22H20OSe. The summed E-state index contributed by atoms with van der Waals surface area (Å²) in [5, 5.41) is 0.885. The fraction of sp³-hybridized carbons (Fsp3) is 0.136. The van der Waals surface area contributed by atoms with Crippen molar-refractivity contribution in [2.24, 2.45) is 0 Å². The van der Waals surface area contributed by atoms with Gasteiger partial charge in [0.05, 0.1) is 0 Å². The van der Waals surface area contributed by atoms with Crippen LogP contribution in [0.2, 0.25) is 5.32 Å². The molecule has 1 atom stereocenters. The molecule has 0 saturated carbocycles. The molecule has 0 bridgehead atoms. The number of aryl methyl sites for hydroxylation is 1. The average Bonchev–Trinajstić information content (AvgIpc) is 2.64. The van der Waals surface area contributed by atoms with E-state index in [2.05, 4.69) is 43.3 Å². The topological polar surface area (TPSA) is 17.1 Å². The molecule has 3 rings (SSSR count). The van der Waals surface area contributed by atoms with Gasteiger partial charge in [-0.3, -0.25) is 0 Å². The monoisotopic (exact) mass is 380 g/mol. The molecule has 0 radical (unpaired) electrons. The van der Waals surface area contributed by atoms with E-state index in [0.29, 0.717) is 0 Å². The van der Waals surface area contributed by atoms with Gasteiger partial charge in [-0.2, -0.15) is 0 Å². The second kappa shape index (κ2) is 8.10. The van der Waals surface area contributed by atoms with Crippen molar-refractivity contribution in [3.63, 3.8) is 0 Å². The van der Waals surface area contributed by atoms with Crippen molar-refractivity contribution < 1.29 is 4.79 Å². The van der Waals surface area contributed by atoms with Gasteiger partial charge in [-0.15, -0.1) is 0 Å². The molecule has 0 spiro atoms. The predicted molar refractivity (Wildman–Crippen MR) is 101 cm³/mol. The van der Waals surface area contributed by atoms with E-state index in [9.17, 15) is 4.79 Å². The summed E-state index contributed by atoms with van der Waals surface area (Å²) in [6.07, 6.45) is 0. The summed E-state index contributed by atoms with van der Waals surface area (Å²) in [6.45, 7) is 2.09. The van der Waals surface area contributed by atoms with Gasteiger partial charge in [-0.25, -0.2) is 0 Å². The van der Waals surface area contributed by atoms with Crippen LogP contribution in [0.1, 0.15) is 27.4 Å². The maximum atomic E-state index is 13.1. The second-order valence-electron chi connectivity index (χ2n) is 5.76. The number of ketones is 1. The van der Waals surface area contributed by atoms with E-state index in [1.807, 2.05) is 48.5 Å². The van der Waals surface area contributed by atoms with E-state index in [4.69, 9.17) is 0 Å². The van der Waals surface area contributed by atoms with Crippen molar-refractivity contribution in [1.29, 1.82) is 0 Å². The SMILES string of the molecule is Cc1ccccc1C(C[Se]c1ccccc1)C(=O)c1ccccc1. The molecule has 0 heterocycles. The Bertz CT molecular complexity index is 796. The average molecular weight is 379 g/mol. The first-order chi connectivity index (χ1) is 11.8. The number of rotatable bonds is 6. The van der Waals surface area contributed by atoms with Crippen molar-refractivity contribution in [3.8, 4) is 0 Å². The van der Waals surface area contributed by atoms with Crippen LogP contribution in [0.4, 0.5) is 0 Å². The molecule has 0 aromatic heterocycles. The maximum absolute atomic E-state index is 13.1. The molecule has 1 unspecified atom stereocenters. The Morgan fingerprint density at radius 1 is 0.833 bits per heavy atom. The molecule has 3 aromatic rings. The van der Waals surface area contributed by atoms with Crippen molar-refractivity contribution in [3.05, 3.63) is 102 Å². The van der Waals surface area contributed by atoms with Gasteiger partial charge in [-0.1, -0.05) is 0 Å². The number of carbonyl (C=O) groups is 1. The van der Waals surface area contributed by atoms with Crippen LogP contribution in [0.3, 0.4) is 0 Å². The molecule has 0 amide bonds. The summed E-state index contributed by atoms with van der Waals surface area (Å²) in [6, 6.07) is 28.4. The van der Waals surface area contributed by atoms with Crippen molar-refractivity contribution >= 4 is 25.2 Å². The van der Waals surface area contributed by atoms with Gasteiger partial charge in [0, 0.05) is 0 Å². The molecule has 0 fully saturated rings. The summed E-state index contributed by atoms with van der Waals surface area (Å²) in [4.78, 5) is 13.1. The Hall–Kier alpha value is -2.15. The van der Waals surface area contributed by atoms with Crippen LogP contribution in [0.25, 0.3) is 0 Å². The zero-order valence-corrected chi connectivity index (χ0v) is 15.4. The quantitative estimate of drug-likeness (QED) is 0.458. The van der Waals surface area contributed by atoms with Crippen molar-refractivity contribution in [2.75, 3.05) is 0 Å². The van der Waals surface area contributed by atoms with E-state index in [1.54, 1.807) is 0 Å². The van der Waals surface area contributed by atoms with Crippen molar-refractivity contribution in [2.45, 2.75) is 18.2 Å². The number of hydrogen-bond acceptors (Lipinski definition) is 1. The molecule has 0 aliphatic heterocycles. The zero-order valence-electron chi connectivity index (χ0n) is 13.7. The Balaban J connectivity index is 1.89. The van der Waals surface area contributed by atoms with Crippen LogP contribution in [0.15, 0.2) is 84.9 Å². The van der Waals surface area contributed by atoms with Crippen LogP contribution >= 0.6 is 0 Å². The van der Waals surface area contributed by atoms with E-state index in [-0.39, 0.29) is 26.7 Å². The van der Waals surface area contributed by atoms with Gasteiger partial charge in [0.15, 0.2) is 0 Å². The number of hydrogen-bond donors (Lipinski definition) is 0. The standard InChI is InChI=1S/C22H20OSe/c1-17-10-8-9-15-20(17)21(16-24-19-13-6-3-7-14-19)22(23)18-11-4-2-5-12-18/h2-15,21H,16H2,1H3. The molecule has 2 heteroatoms. The number of benzene rings is 3. The third-order valence-electron chi connectivity index (χ3n) is 4.10. The van der Waals surface area contributed by atoms with Gasteiger partial charge < -0.3 is 0 Å². The number of carbonyl (C=O) groups excluding carboxylic acids is 1. The van der Waals surface area contributed by atoms with Gasteiger partial charge >= 0.3 is 150 Å². The molecular weight excluding hydrogens is 359 g/mol. The first-order valence-corrected chi connectivity index (χ1v) is 10.1. The Morgan fingerprint density at radius 3 is 2.08 bits per heavy atom. The molecule has 120 valence electrons. The molecule has 24 heavy (non-hydrogen) atoms. The molecule has 0 N–H and O–H groups in total. The minimum absolute atomic E-state index is 0.0752. The first-order valence-electron chi connectivity index (χ1n) is 8.08. The van der Waals surface area contributed by atoms with Crippen LogP contribution < -0.4 is 4.46 Å². The van der Waals surface area contributed by atoms with Crippen LogP contribution in [0, 0.1) is 6.92 Å². The Kier molecular flexibility index (Phi) is 5.63. The minimum atomic E-state index is -0.0752. The van der Waals surface area contributed by atoms with E-state index >= 15 is 0 Å². The third kappa shape index (κ3) is 4.03. The number of Topliss-reactive ketones (excluding diaryl/α,β-unsaturated/α-hetero) is 1. The van der Waals surface area contributed by atoms with Gasteiger partial charge in [0.2, 0.25) is 0 Å². The zero-order chi connectivity index (χ0) is 16.8. The summed E-state index contributed by atoms with van der Waals surface area (Å²) < 4.78 is 1.34. The molecule has 0 aliphatic carbocycles. The fourth-order valence-corrected chi connectivity index (χ4v) is 4.97. The molecule has 1 nitrogen and oxygen atoms in total. The molecule has 3 aromatic carbocycles. The van der Waals surface area contributed by atoms with Crippen LogP contribution in [-0.2, 0) is 0 Å². The second-order valence-corrected chi connectivity index (χ2v) is 8.06. The van der Waals surface area contributed by atoms with Crippen molar-refractivity contribution in [1.82, 2.24) is 0 Å². The van der Waals surface area contributed by atoms with E-state index in [0.717, 1.165) is 16.4 Å². The third-order valence-corrected chi connectivity index (χ3v) is 6.42. The first kappa shape index (κ1) is 16.7. The Labute approximate surface area is 149 Å². The Morgan fingerprint density at radius 2 is 1.42 bits per heavy atom. The summed E-state index contributed by atoms with van der Waals surface area (Å²) in [5.74, 6) is 0.150. The van der Waals surface area contributed by atoms with Gasteiger partial charge in [0.25, 0.3) is 0 Å². The van der Waals surface area contributed by atoms with Crippen LogP contribution in [-0.4, -0.2) is 20.7 Å². The summed E-state index contributed by atoms with van der Waals surface area (Å²) in [5.41, 5.74) is 3.15. The van der Waals surface area contributed by atoms with E-state index < -0.39 is 0 Å². The molecule has 0 saturated heterocycles. The van der Waals surface area contributed by atoms with E-state index in [1.165, 1.54) is 10.0 Å². The van der Waals surface area contributed by atoms with Gasteiger partial charge in [0.1, 0.15) is 0 Å². The molecule has 0 aliphatic rings. The normalized spacial score (nSPS) is 11.9. The summed E-state index contributed by atoms with van der Waals surface area (Å²) >= 11 is 0.276. The fourth-order valence-electron chi connectivity index (χ4n) is 2.78. The van der Waals surface area contributed by atoms with Gasteiger partial charge in [-0.05, 0) is 0 Å².